The lowest BCUT2D eigenvalue weighted by atomic mass is 10.1. The van der Waals surface area contributed by atoms with Crippen molar-refractivity contribution in [2.45, 2.75) is 32.4 Å². The van der Waals surface area contributed by atoms with E-state index in [0.717, 1.165) is 38.2 Å². The Hall–Kier alpha value is -1.41. The minimum Gasteiger partial charge on any atom is -0.395 e. The van der Waals surface area contributed by atoms with Crippen LogP contribution in [-0.4, -0.2) is 42.4 Å². The molecule has 3 nitrogen and oxygen atoms in total. The molecule has 1 aromatic carbocycles. The molecule has 0 saturated carbocycles. The number of rotatable bonds is 3. The van der Waals surface area contributed by atoms with Crippen molar-refractivity contribution in [2.24, 2.45) is 0 Å². The Morgan fingerprint density at radius 3 is 3.14 bits per heavy atom. The summed E-state index contributed by atoms with van der Waals surface area (Å²) in [7, 11) is 0. The topological polar surface area (TPSA) is 32.7 Å². The third-order valence-corrected chi connectivity index (χ3v) is 3.43. The summed E-state index contributed by atoms with van der Waals surface area (Å²) in [6.07, 6.45) is 1.62. The Balaban J connectivity index is 2.06. The number of aliphatic hydroxyl groups is 1. The number of hydrogen-bond acceptors (Lipinski definition) is 3. The van der Waals surface area contributed by atoms with Gasteiger partial charge in [-0.25, -0.2) is 4.39 Å². The highest BCUT2D eigenvalue weighted by Gasteiger charge is 2.15. The van der Waals surface area contributed by atoms with Crippen LogP contribution in [0.25, 0.3) is 0 Å². The molecule has 1 N–H and O–H groups in total. The Bertz CT molecular complexity index is 521. The minimum absolute atomic E-state index is 0.0000238. The molecule has 1 unspecified atom stereocenters. The van der Waals surface area contributed by atoms with E-state index in [1.807, 2.05) is 6.07 Å². The molecule has 2 rings (SSSR count). The van der Waals surface area contributed by atoms with Crippen molar-refractivity contribution >= 4 is 0 Å². The molecule has 114 valence electrons. The first-order valence-corrected chi connectivity index (χ1v) is 7.41. The molecule has 0 radical (unpaired) electrons. The maximum absolute atomic E-state index is 13.7. The van der Waals surface area contributed by atoms with E-state index >= 15 is 0 Å². The molecule has 0 spiro atoms. The summed E-state index contributed by atoms with van der Waals surface area (Å²) in [6, 6.07) is 5.08. The average Bonchev–Trinajstić information content (AvgIpc) is 2.67. The fourth-order valence-electron chi connectivity index (χ4n) is 2.46. The lowest BCUT2D eigenvalue weighted by Gasteiger charge is -2.21. The van der Waals surface area contributed by atoms with Crippen molar-refractivity contribution in [3.05, 3.63) is 35.1 Å². The van der Waals surface area contributed by atoms with Crippen LogP contribution in [0.15, 0.2) is 18.2 Å². The molecule has 1 fully saturated rings. The first-order valence-electron chi connectivity index (χ1n) is 7.41. The molecular weight excluding hydrogens is 269 g/mol. The van der Waals surface area contributed by atoms with Crippen LogP contribution in [0.1, 0.15) is 30.9 Å². The zero-order valence-electron chi connectivity index (χ0n) is 12.4. The lowest BCUT2D eigenvalue weighted by Crippen LogP contribution is -2.29. The standard InChI is InChI=1S/C17H22FNO2/c1-14-12-19(8-4-10-21-14)13-15-6-7-17(18)16(11-15)5-2-3-9-20/h6-7,11,14,20H,3-4,8-10,12-13H2,1H3. The third kappa shape index (κ3) is 5.13. The second-order valence-corrected chi connectivity index (χ2v) is 5.36. The van der Waals surface area contributed by atoms with Gasteiger partial charge in [0.25, 0.3) is 0 Å². The Labute approximate surface area is 125 Å². The summed E-state index contributed by atoms with van der Waals surface area (Å²) >= 11 is 0. The van der Waals surface area contributed by atoms with Gasteiger partial charge in [0.15, 0.2) is 0 Å². The van der Waals surface area contributed by atoms with E-state index < -0.39 is 0 Å². The van der Waals surface area contributed by atoms with Gasteiger partial charge in [-0.3, -0.25) is 4.90 Å². The number of hydrogen-bond donors (Lipinski definition) is 1. The summed E-state index contributed by atoms with van der Waals surface area (Å²) < 4.78 is 19.3. The van der Waals surface area contributed by atoms with E-state index in [-0.39, 0.29) is 18.5 Å². The Morgan fingerprint density at radius 1 is 1.48 bits per heavy atom. The molecule has 0 bridgehead atoms. The van der Waals surface area contributed by atoms with Crippen LogP contribution in [0, 0.1) is 17.7 Å². The van der Waals surface area contributed by atoms with Gasteiger partial charge in [-0.15, -0.1) is 0 Å². The summed E-state index contributed by atoms with van der Waals surface area (Å²) in [4.78, 5) is 2.33. The molecule has 1 heterocycles. The monoisotopic (exact) mass is 291 g/mol. The predicted octanol–water partition coefficient (Wildman–Crippen LogP) is 2.17. The largest absolute Gasteiger partial charge is 0.395 e. The van der Waals surface area contributed by atoms with E-state index in [2.05, 4.69) is 23.7 Å². The first kappa shape index (κ1) is 16.0. The maximum Gasteiger partial charge on any atom is 0.138 e. The van der Waals surface area contributed by atoms with Gasteiger partial charge in [0.1, 0.15) is 5.82 Å². The Kier molecular flexibility index (Phi) is 6.19. The zero-order chi connectivity index (χ0) is 15.1. The molecule has 0 aliphatic carbocycles. The third-order valence-electron chi connectivity index (χ3n) is 3.43. The number of halogens is 1. The second kappa shape index (κ2) is 8.14. The van der Waals surface area contributed by atoms with Crippen LogP contribution in [0.2, 0.25) is 0 Å². The molecule has 4 heteroatoms. The van der Waals surface area contributed by atoms with Crippen LogP contribution in [0.3, 0.4) is 0 Å². The van der Waals surface area contributed by atoms with E-state index in [4.69, 9.17) is 9.84 Å². The highest BCUT2D eigenvalue weighted by atomic mass is 19.1. The molecule has 0 aromatic heterocycles. The summed E-state index contributed by atoms with van der Waals surface area (Å²) in [6.45, 7) is 5.55. The predicted molar refractivity (Wildman–Crippen MR) is 80.3 cm³/mol. The number of ether oxygens (including phenoxy) is 1. The fraction of sp³-hybridized carbons (Fsp3) is 0.529. The van der Waals surface area contributed by atoms with Gasteiger partial charge in [0, 0.05) is 32.7 Å². The molecule has 1 aliphatic rings. The van der Waals surface area contributed by atoms with Gasteiger partial charge < -0.3 is 9.84 Å². The van der Waals surface area contributed by atoms with Crippen LogP contribution in [0.4, 0.5) is 4.39 Å². The second-order valence-electron chi connectivity index (χ2n) is 5.36. The molecule has 1 aromatic rings. The van der Waals surface area contributed by atoms with E-state index in [1.165, 1.54) is 6.07 Å². The van der Waals surface area contributed by atoms with Gasteiger partial charge in [0.05, 0.1) is 18.3 Å². The van der Waals surface area contributed by atoms with Gasteiger partial charge in [-0.05, 0) is 31.0 Å². The van der Waals surface area contributed by atoms with Crippen LogP contribution >= 0.6 is 0 Å². The number of aliphatic hydroxyl groups excluding tert-OH is 1. The van der Waals surface area contributed by atoms with Crippen LogP contribution in [-0.2, 0) is 11.3 Å². The van der Waals surface area contributed by atoms with Crippen molar-refractivity contribution in [2.75, 3.05) is 26.3 Å². The molecule has 0 amide bonds. The van der Waals surface area contributed by atoms with E-state index in [0.29, 0.717) is 12.0 Å². The lowest BCUT2D eigenvalue weighted by molar-refractivity contribution is 0.0668. The van der Waals surface area contributed by atoms with Gasteiger partial charge >= 0.3 is 0 Å². The van der Waals surface area contributed by atoms with Crippen molar-refractivity contribution in [1.29, 1.82) is 0 Å². The first-order chi connectivity index (χ1) is 10.2. The smallest absolute Gasteiger partial charge is 0.138 e. The average molecular weight is 291 g/mol. The minimum atomic E-state index is -0.309. The molecule has 1 atom stereocenters. The SMILES string of the molecule is CC1CN(Cc2ccc(F)c(C#CCCO)c2)CCCO1. The Morgan fingerprint density at radius 2 is 2.33 bits per heavy atom. The normalized spacial score (nSPS) is 19.7. The van der Waals surface area contributed by atoms with Crippen molar-refractivity contribution < 1.29 is 14.2 Å². The van der Waals surface area contributed by atoms with Crippen molar-refractivity contribution in [1.82, 2.24) is 4.90 Å². The van der Waals surface area contributed by atoms with E-state index in [9.17, 15) is 4.39 Å². The zero-order valence-corrected chi connectivity index (χ0v) is 12.4. The van der Waals surface area contributed by atoms with Crippen LogP contribution in [0.5, 0.6) is 0 Å². The highest BCUT2D eigenvalue weighted by Crippen LogP contribution is 2.14. The van der Waals surface area contributed by atoms with Crippen molar-refractivity contribution in [3.63, 3.8) is 0 Å². The van der Waals surface area contributed by atoms with Gasteiger partial charge in [-0.2, -0.15) is 0 Å². The van der Waals surface area contributed by atoms with Crippen LogP contribution < -0.4 is 0 Å². The molecule has 1 aliphatic heterocycles. The summed E-state index contributed by atoms with van der Waals surface area (Å²) in [5.74, 6) is 5.24. The molecule has 1 saturated heterocycles. The fourth-order valence-corrected chi connectivity index (χ4v) is 2.46. The molecular formula is C17H22FNO2. The highest BCUT2D eigenvalue weighted by molar-refractivity contribution is 5.38. The quantitative estimate of drug-likeness (QED) is 0.866. The van der Waals surface area contributed by atoms with Crippen molar-refractivity contribution in [3.8, 4) is 11.8 Å². The molecule has 21 heavy (non-hydrogen) atoms. The van der Waals surface area contributed by atoms with E-state index in [1.54, 1.807) is 6.07 Å². The number of benzene rings is 1. The summed E-state index contributed by atoms with van der Waals surface area (Å²) in [5, 5.41) is 8.72. The van der Waals surface area contributed by atoms with Gasteiger partial charge in [0.2, 0.25) is 0 Å². The van der Waals surface area contributed by atoms with Gasteiger partial charge in [-0.1, -0.05) is 17.9 Å². The number of nitrogens with zero attached hydrogens (tertiary/aromatic N) is 1. The maximum atomic E-state index is 13.7. The summed E-state index contributed by atoms with van der Waals surface area (Å²) in [5.41, 5.74) is 1.46.